The second-order valence-electron chi connectivity index (χ2n) is 4.28. The maximum atomic E-state index is 11.6. The van der Waals surface area contributed by atoms with Gasteiger partial charge in [-0.1, -0.05) is 43.0 Å². The Morgan fingerprint density at radius 2 is 2.33 bits per heavy atom. The lowest BCUT2D eigenvalue weighted by atomic mass is 10.2. The second kappa shape index (κ2) is 6.73. The van der Waals surface area contributed by atoms with Crippen molar-refractivity contribution in [2.45, 2.75) is 19.4 Å². The first-order chi connectivity index (χ1) is 9.99. The number of thioether (sulfide) groups is 1. The van der Waals surface area contributed by atoms with E-state index in [-0.39, 0.29) is 5.91 Å². The van der Waals surface area contributed by atoms with Crippen LogP contribution in [0.4, 0.5) is 0 Å². The van der Waals surface area contributed by atoms with Crippen LogP contribution in [0.5, 0.6) is 5.75 Å². The number of nitrogens with one attached hydrogen (secondary N) is 1. The van der Waals surface area contributed by atoms with Crippen molar-refractivity contribution >= 4 is 46.3 Å². The molecule has 1 aliphatic heterocycles. The molecular formula is C14H13NO4S2. The predicted octanol–water partition coefficient (Wildman–Crippen LogP) is 2.42. The van der Waals surface area contributed by atoms with Crippen molar-refractivity contribution in [3.8, 4) is 5.75 Å². The van der Waals surface area contributed by atoms with Crippen LogP contribution in [0.15, 0.2) is 29.2 Å². The van der Waals surface area contributed by atoms with Crippen LogP contribution in [0, 0.1) is 0 Å². The molecule has 21 heavy (non-hydrogen) atoms. The fraction of sp³-hybridized carbons (Fsp3) is 0.214. The normalized spacial score (nSPS) is 17.7. The molecule has 0 aromatic heterocycles. The molecule has 1 saturated heterocycles. The first-order valence-electron chi connectivity index (χ1n) is 6.24. The standard InChI is InChI=1S/C14H13NO4S2/c1-2-10(13(17)18)19-9-5-3-4-8(6-9)7-11-12(16)15-14(20)21-11/h3-7,10H,2H2,1H3,(H,17,18)(H,15,16,20)/b11-7+. The molecule has 1 heterocycles. The Morgan fingerprint density at radius 1 is 1.57 bits per heavy atom. The number of carbonyl (C=O) groups excluding carboxylic acids is 1. The molecule has 1 amide bonds. The van der Waals surface area contributed by atoms with Crippen molar-refractivity contribution in [2.24, 2.45) is 0 Å². The lowest BCUT2D eigenvalue weighted by Crippen LogP contribution is -2.25. The molecule has 2 rings (SSSR count). The summed E-state index contributed by atoms with van der Waals surface area (Å²) in [5.74, 6) is -0.782. The highest BCUT2D eigenvalue weighted by molar-refractivity contribution is 8.26. The monoisotopic (exact) mass is 323 g/mol. The minimum absolute atomic E-state index is 0.228. The number of aliphatic carboxylic acids is 1. The highest BCUT2D eigenvalue weighted by atomic mass is 32.2. The van der Waals surface area contributed by atoms with Crippen LogP contribution < -0.4 is 10.1 Å². The lowest BCUT2D eigenvalue weighted by Gasteiger charge is -2.13. The molecule has 7 heteroatoms. The molecule has 1 aliphatic rings. The van der Waals surface area contributed by atoms with E-state index in [0.29, 0.717) is 21.4 Å². The average molecular weight is 323 g/mol. The van der Waals surface area contributed by atoms with E-state index in [1.165, 1.54) is 11.8 Å². The number of ether oxygens (including phenoxy) is 1. The number of rotatable bonds is 5. The van der Waals surface area contributed by atoms with Gasteiger partial charge in [-0.2, -0.15) is 0 Å². The van der Waals surface area contributed by atoms with Gasteiger partial charge in [-0.15, -0.1) is 0 Å². The highest BCUT2D eigenvalue weighted by Crippen LogP contribution is 2.27. The second-order valence-corrected chi connectivity index (χ2v) is 6.00. The van der Waals surface area contributed by atoms with Crippen molar-refractivity contribution in [1.29, 1.82) is 0 Å². The van der Waals surface area contributed by atoms with Gasteiger partial charge < -0.3 is 15.2 Å². The molecule has 0 bridgehead atoms. The van der Waals surface area contributed by atoms with Gasteiger partial charge in [-0.25, -0.2) is 4.79 Å². The van der Waals surface area contributed by atoms with Crippen LogP contribution >= 0.6 is 24.0 Å². The SMILES string of the molecule is CCC(Oc1cccc(/C=C2/SC(=S)NC2=O)c1)C(=O)O. The van der Waals surface area contributed by atoms with Crippen LogP contribution in [0.3, 0.4) is 0 Å². The Kier molecular flexibility index (Phi) is 4.98. The topological polar surface area (TPSA) is 75.6 Å². The molecule has 0 saturated carbocycles. The van der Waals surface area contributed by atoms with Gasteiger partial charge in [0, 0.05) is 0 Å². The summed E-state index contributed by atoms with van der Waals surface area (Å²) in [6, 6.07) is 6.91. The van der Waals surface area contributed by atoms with E-state index >= 15 is 0 Å². The third-order valence-corrected chi connectivity index (χ3v) is 3.89. The van der Waals surface area contributed by atoms with E-state index in [0.717, 1.165) is 5.56 Å². The highest BCUT2D eigenvalue weighted by Gasteiger charge is 2.22. The number of hydrogen-bond donors (Lipinski definition) is 2. The van der Waals surface area contributed by atoms with Crippen LogP contribution in [0.25, 0.3) is 6.08 Å². The smallest absolute Gasteiger partial charge is 0.344 e. The summed E-state index contributed by atoms with van der Waals surface area (Å²) in [7, 11) is 0. The molecule has 1 unspecified atom stereocenters. The Labute approximate surface area is 131 Å². The lowest BCUT2D eigenvalue weighted by molar-refractivity contribution is -0.145. The van der Waals surface area contributed by atoms with E-state index in [9.17, 15) is 9.59 Å². The van der Waals surface area contributed by atoms with Crippen molar-refractivity contribution in [2.75, 3.05) is 0 Å². The van der Waals surface area contributed by atoms with E-state index in [1.807, 2.05) is 0 Å². The van der Waals surface area contributed by atoms with Gasteiger partial charge in [-0.3, -0.25) is 4.79 Å². The summed E-state index contributed by atoms with van der Waals surface area (Å²) >= 11 is 6.11. The minimum Gasteiger partial charge on any atom is -0.479 e. The zero-order chi connectivity index (χ0) is 15.4. The molecule has 0 spiro atoms. The zero-order valence-corrected chi connectivity index (χ0v) is 12.8. The zero-order valence-electron chi connectivity index (χ0n) is 11.2. The summed E-state index contributed by atoms with van der Waals surface area (Å²) in [6.07, 6.45) is 1.17. The Bertz CT molecular complexity index is 627. The fourth-order valence-electron chi connectivity index (χ4n) is 1.72. The number of hydrogen-bond acceptors (Lipinski definition) is 5. The Balaban J connectivity index is 2.18. The minimum atomic E-state index is -1.00. The Hall–Kier alpha value is -1.86. The molecule has 1 atom stereocenters. The third kappa shape index (κ3) is 4.05. The summed E-state index contributed by atoms with van der Waals surface area (Å²) in [6.45, 7) is 1.74. The molecule has 1 aromatic rings. The molecule has 110 valence electrons. The van der Waals surface area contributed by atoms with E-state index in [2.05, 4.69) is 5.32 Å². The molecule has 2 N–H and O–H groups in total. The van der Waals surface area contributed by atoms with E-state index < -0.39 is 12.1 Å². The molecule has 1 fully saturated rings. The fourth-order valence-corrected chi connectivity index (χ4v) is 2.77. The molecular weight excluding hydrogens is 310 g/mol. The van der Waals surface area contributed by atoms with Crippen molar-refractivity contribution in [3.63, 3.8) is 0 Å². The van der Waals surface area contributed by atoms with Gasteiger partial charge in [0.05, 0.1) is 4.91 Å². The number of thiocarbonyl (C=S) groups is 1. The first kappa shape index (κ1) is 15.5. The van der Waals surface area contributed by atoms with Crippen molar-refractivity contribution < 1.29 is 19.4 Å². The summed E-state index contributed by atoms with van der Waals surface area (Å²) in [5, 5.41) is 11.5. The molecule has 5 nitrogen and oxygen atoms in total. The van der Waals surface area contributed by atoms with Crippen molar-refractivity contribution in [3.05, 3.63) is 34.7 Å². The van der Waals surface area contributed by atoms with E-state index in [4.69, 9.17) is 22.1 Å². The number of benzene rings is 1. The van der Waals surface area contributed by atoms with Gasteiger partial charge in [0.15, 0.2) is 6.10 Å². The third-order valence-electron chi connectivity index (χ3n) is 2.72. The Morgan fingerprint density at radius 3 is 2.90 bits per heavy atom. The van der Waals surface area contributed by atoms with Gasteiger partial charge in [0.25, 0.3) is 5.91 Å². The van der Waals surface area contributed by atoms with Gasteiger partial charge in [0.2, 0.25) is 0 Å². The number of amides is 1. The quantitative estimate of drug-likeness (QED) is 0.640. The first-order valence-corrected chi connectivity index (χ1v) is 7.46. The predicted molar refractivity (Wildman–Crippen MR) is 85.1 cm³/mol. The molecule has 0 aliphatic carbocycles. The van der Waals surface area contributed by atoms with Crippen LogP contribution in [0.2, 0.25) is 0 Å². The van der Waals surface area contributed by atoms with Crippen LogP contribution in [-0.4, -0.2) is 27.4 Å². The number of carboxylic acids is 1. The molecule has 0 radical (unpaired) electrons. The van der Waals surface area contributed by atoms with Crippen LogP contribution in [0.1, 0.15) is 18.9 Å². The summed E-state index contributed by atoms with van der Waals surface area (Å²) in [5.41, 5.74) is 0.745. The van der Waals surface area contributed by atoms with Crippen LogP contribution in [-0.2, 0) is 9.59 Å². The number of carboxylic acid groups (broad SMARTS) is 1. The van der Waals surface area contributed by atoms with Gasteiger partial charge in [0.1, 0.15) is 10.1 Å². The van der Waals surface area contributed by atoms with Gasteiger partial charge >= 0.3 is 5.97 Å². The van der Waals surface area contributed by atoms with Crippen molar-refractivity contribution in [1.82, 2.24) is 5.32 Å². The largest absolute Gasteiger partial charge is 0.479 e. The number of carbonyl (C=O) groups is 2. The summed E-state index contributed by atoms with van der Waals surface area (Å²) < 4.78 is 5.84. The maximum absolute atomic E-state index is 11.6. The van der Waals surface area contributed by atoms with Gasteiger partial charge in [-0.05, 0) is 30.2 Å². The average Bonchev–Trinajstić information content (AvgIpc) is 2.74. The molecule has 1 aromatic carbocycles. The van der Waals surface area contributed by atoms with E-state index in [1.54, 1.807) is 37.3 Å². The maximum Gasteiger partial charge on any atom is 0.344 e. The summed E-state index contributed by atoms with van der Waals surface area (Å²) in [4.78, 5) is 23.1.